The number of benzene rings is 2. The van der Waals surface area contributed by atoms with Crippen LogP contribution in [-0.2, 0) is 15.4 Å². The third-order valence-corrected chi connectivity index (χ3v) is 6.39. The molecule has 1 heterocycles. The lowest BCUT2D eigenvalue weighted by atomic mass is 10.3. The van der Waals surface area contributed by atoms with Gasteiger partial charge in [0.15, 0.2) is 0 Å². The Morgan fingerprint density at radius 3 is 2.11 bits per heavy atom. The Hall–Kier alpha value is -0.610. The van der Waals surface area contributed by atoms with Crippen molar-refractivity contribution in [3.05, 3.63) is 48.5 Å². The molecule has 0 atom stereocenters. The fourth-order valence-corrected chi connectivity index (χ4v) is 5.30. The summed E-state index contributed by atoms with van der Waals surface area (Å²) >= 11 is 7.29. The average Bonchev–Trinajstić information content (AvgIpc) is 2.46. The van der Waals surface area contributed by atoms with E-state index in [0.717, 1.165) is 6.42 Å². The van der Waals surface area contributed by atoms with E-state index in [-0.39, 0.29) is 11.2 Å². The lowest BCUT2D eigenvalue weighted by Gasteiger charge is -2.16. The van der Waals surface area contributed by atoms with Crippen LogP contribution >= 0.6 is 23.4 Å². The molecule has 0 radical (unpaired) electrons. The molecule has 0 N–H and O–H groups in total. The molecule has 0 fully saturated rings. The number of alkyl halides is 1. The summed E-state index contributed by atoms with van der Waals surface area (Å²) in [6, 6.07) is 17.0. The second-order valence-corrected chi connectivity index (χ2v) is 7.24. The first-order valence-corrected chi connectivity index (χ1v) is 8.69. The van der Waals surface area contributed by atoms with E-state index >= 15 is 0 Å². The van der Waals surface area contributed by atoms with Crippen LogP contribution in [-0.4, -0.2) is 12.5 Å². The Bertz CT molecular complexity index is 528. The first-order chi connectivity index (χ1) is 9.40. The largest absolute Gasteiger partial charge is 0.225 e. The zero-order valence-corrected chi connectivity index (χ0v) is 12.7. The summed E-state index contributed by atoms with van der Waals surface area (Å²) in [7, 11) is 0. The van der Waals surface area contributed by atoms with Crippen LogP contribution in [0.2, 0.25) is 0 Å². The van der Waals surface area contributed by atoms with Crippen LogP contribution in [0.15, 0.2) is 68.1 Å². The predicted molar refractivity (Wildman–Crippen MR) is 82.2 cm³/mol. The molecule has 0 saturated heterocycles. The highest BCUT2D eigenvalue weighted by atomic mass is 35.5. The maximum atomic E-state index is 6.11. The van der Waals surface area contributed by atoms with Gasteiger partial charge in [0, 0.05) is 5.88 Å². The number of hydrogen-bond donors (Lipinski definition) is 0. The summed E-state index contributed by atoms with van der Waals surface area (Å²) in [5.41, 5.74) is 0. The first-order valence-electron chi connectivity index (χ1n) is 6.19. The van der Waals surface area contributed by atoms with E-state index in [1.54, 1.807) is 0 Å². The zero-order chi connectivity index (χ0) is 13.1. The topological polar surface area (TPSA) is 9.23 Å². The number of rotatable bonds is 4. The molecule has 0 aromatic heterocycles. The van der Waals surface area contributed by atoms with Crippen LogP contribution in [0, 0.1) is 0 Å². The molecule has 2 aromatic carbocycles. The normalized spacial score (nSPS) is 13.9. The highest BCUT2D eigenvalue weighted by Gasteiger charge is 2.37. The van der Waals surface area contributed by atoms with Gasteiger partial charge >= 0.3 is 0 Å². The van der Waals surface area contributed by atoms with Crippen molar-refractivity contribution in [3.63, 3.8) is 0 Å². The lowest BCUT2D eigenvalue weighted by molar-refractivity contribution is 0.359. The number of halogens is 1. The molecule has 0 amide bonds. The van der Waals surface area contributed by atoms with E-state index < -0.39 is 0 Å². The van der Waals surface area contributed by atoms with Gasteiger partial charge in [0.1, 0.15) is 6.61 Å². The highest BCUT2D eigenvalue weighted by Crippen LogP contribution is 2.45. The molecular weight excluding hydrogens is 296 g/mol. The van der Waals surface area contributed by atoms with Crippen molar-refractivity contribution in [2.45, 2.75) is 26.0 Å². The molecule has 1 aliphatic rings. The van der Waals surface area contributed by atoms with Crippen LogP contribution in [0.25, 0.3) is 0 Å². The highest BCUT2D eigenvalue weighted by molar-refractivity contribution is 8.02. The number of hydrogen-bond acceptors (Lipinski definition) is 2. The van der Waals surface area contributed by atoms with Crippen molar-refractivity contribution in [3.8, 4) is 0 Å². The van der Waals surface area contributed by atoms with E-state index in [4.69, 9.17) is 15.8 Å². The second-order valence-electron chi connectivity index (χ2n) is 4.13. The molecule has 0 aliphatic carbocycles. The van der Waals surface area contributed by atoms with Gasteiger partial charge in [0.05, 0.1) is 9.79 Å². The summed E-state index contributed by atoms with van der Waals surface area (Å²) in [6.45, 7) is 0.708. The molecule has 19 heavy (non-hydrogen) atoms. The van der Waals surface area contributed by atoms with E-state index in [1.807, 2.05) is 11.8 Å². The fraction of sp³-hybridized carbons (Fsp3) is 0.200. The van der Waals surface area contributed by atoms with Gasteiger partial charge in [-0.3, -0.25) is 0 Å². The van der Waals surface area contributed by atoms with Gasteiger partial charge < -0.3 is 0 Å². The van der Waals surface area contributed by atoms with Crippen molar-refractivity contribution in [2.75, 3.05) is 12.5 Å². The Balaban J connectivity index is 1.96. The summed E-state index contributed by atoms with van der Waals surface area (Å²) in [4.78, 5) is 5.19. The van der Waals surface area contributed by atoms with Crippen molar-refractivity contribution < 1.29 is 4.18 Å². The van der Waals surface area contributed by atoms with Crippen molar-refractivity contribution in [1.82, 2.24) is 0 Å². The molecule has 0 spiro atoms. The van der Waals surface area contributed by atoms with E-state index in [2.05, 4.69) is 48.5 Å². The minimum Gasteiger partial charge on any atom is -0.162 e. The quantitative estimate of drug-likeness (QED) is 0.458. The van der Waals surface area contributed by atoms with Gasteiger partial charge in [-0.15, -0.1) is 11.6 Å². The molecule has 2 aromatic rings. The zero-order valence-electron chi connectivity index (χ0n) is 10.3. The molecular formula is C15H14ClOS2+. The van der Waals surface area contributed by atoms with Crippen molar-refractivity contribution in [1.29, 1.82) is 0 Å². The van der Waals surface area contributed by atoms with Gasteiger partial charge in [-0.25, -0.2) is 0 Å². The standard InChI is InChI=1S/C15H14ClOS2/c16-10-5-11-17-19-14-8-3-1-6-12(14)18-13-7-2-4-9-15(13)19/h1-4,6-9H,5,10-11H2/q+1. The fourth-order valence-electron chi connectivity index (χ4n) is 1.94. The summed E-state index contributed by atoms with van der Waals surface area (Å²) in [5, 5.41) is 0. The molecule has 1 aliphatic heterocycles. The Kier molecular flexibility index (Phi) is 4.38. The maximum Gasteiger partial charge on any atom is 0.225 e. The summed E-state index contributed by atoms with van der Waals surface area (Å²) < 4.78 is 6.11. The average molecular weight is 310 g/mol. The van der Waals surface area contributed by atoms with Crippen molar-refractivity contribution >= 4 is 34.5 Å². The van der Waals surface area contributed by atoms with Gasteiger partial charge in [-0.1, -0.05) is 36.0 Å². The van der Waals surface area contributed by atoms with Crippen LogP contribution < -0.4 is 0 Å². The third kappa shape index (κ3) is 2.79. The smallest absolute Gasteiger partial charge is 0.162 e. The van der Waals surface area contributed by atoms with Gasteiger partial charge in [-0.05, 0) is 30.7 Å². The Morgan fingerprint density at radius 2 is 1.53 bits per heavy atom. The second kappa shape index (κ2) is 6.23. The molecule has 4 heteroatoms. The van der Waals surface area contributed by atoms with Crippen molar-refractivity contribution in [2.24, 2.45) is 0 Å². The predicted octanol–water partition coefficient (Wildman–Crippen LogP) is 4.75. The third-order valence-electron chi connectivity index (χ3n) is 2.80. The van der Waals surface area contributed by atoms with Gasteiger partial charge in [-0.2, -0.15) is 4.18 Å². The summed E-state index contributed by atoms with van der Waals surface area (Å²) in [5.74, 6) is 0.648. The van der Waals surface area contributed by atoms with Gasteiger partial charge in [0.25, 0.3) is 0 Å². The maximum absolute atomic E-state index is 6.11. The van der Waals surface area contributed by atoms with Gasteiger partial charge in [0.2, 0.25) is 21.0 Å². The Labute approximate surface area is 125 Å². The molecule has 0 bridgehead atoms. The number of fused-ring (bicyclic) bond motifs is 2. The summed E-state index contributed by atoms with van der Waals surface area (Å²) in [6.07, 6.45) is 0.891. The molecule has 0 saturated carbocycles. The van der Waals surface area contributed by atoms with E-state index in [1.165, 1.54) is 19.6 Å². The van der Waals surface area contributed by atoms with Crippen LogP contribution in [0.5, 0.6) is 0 Å². The van der Waals surface area contributed by atoms with Crippen LogP contribution in [0.1, 0.15) is 6.42 Å². The van der Waals surface area contributed by atoms with Crippen LogP contribution in [0.3, 0.4) is 0 Å². The minimum absolute atomic E-state index is 0.275. The first kappa shape index (κ1) is 13.4. The minimum atomic E-state index is -0.275. The SMILES string of the molecule is ClCCCO[S+]1c2ccccc2Sc2ccccc21. The van der Waals surface area contributed by atoms with E-state index in [0.29, 0.717) is 12.5 Å². The molecule has 1 nitrogen and oxygen atoms in total. The van der Waals surface area contributed by atoms with Crippen LogP contribution in [0.4, 0.5) is 0 Å². The van der Waals surface area contributed by atoms with E-state index in [9.17, 15) is 0 Å². The molecule has 0 unspecified atom stereocenters. The molecule has 3 rings (SSSR count). The monoisotopic (exact) mass is 309 g/mol. The lowest BCUT2D eigenvalue weighted by Crippen LogP contribution is -2.14. The Morgan fingerprint density at radius 1 is 0.947 bits per heavy atom. The molecule has 98 valence electrons.